The summed E-state index contributed by atoms with van der Waals surface area (Å²) in [7, 11) is 0. The van der Waals surface area contributed by atoms with Crippen molar-refractivity contribution in [3.63, 3.8) is 0 Å². The van der Waals surface area contributed by atoms with Crippen molar-refractivity contribution in [3.05, 3.63) is 28.5 Å². The van der Waals surface area contributed by atoms with Crippen LogP contribution < -0.4 is 20.3 Å². The lowest BCUT2D eigenvalue weighted by Gasteiger charge is -2.31. The van der Waals surface area contributed by atoms with Crippen LogP contribution in [0.3, 0.4) is 0 Å². The smallest absolute Gasteiger partial charge is 0.420 e. The lowest BCUT2D eigenvalue weighted by atomic mass is 9.95. The first-order valence-corrected chi connectivity index (χ1v) is 13.5. The van der Waals surface area contributed by atoms with Gasteiger partial charge in [0.2, 0.25) is 0 Å². The molecule has 6 rings (SSSR count). The zero-order valence-electron chi connectivity index (χ0n) is 22.1. The molecule has 2 aromatic heterocycles. The lowest BCUT2D eigenvalue weighted by Crippen LogP contribution is -2.43. The molecule has 0 saturated carbocycles. The van der Waals surface area contributed by atoms with E-state index in [2.05, 4.69) is 19.9 Å². The number of carbonyl (C=O) groups is 1. The normalized spacial score (nSPS) is 25.3. The highest BCUT2D eigenvalue weighted by Crippen LogP contribution is 2.43. The van der Waals surface area contributed by atoms with Gasteiger partial charge in [-0.25, -0.2) is 9.37 Å². The number of carbonyl (C=O) groups excluding carboxylic acids is 1. The van der Waals surface area contributed by atoms with Gasteiger partial charge in [-0.1, -0.05) is 0 Å². The van der Waals surface area contributed by atoms with Gasteiger partial charge in [0.25, 0.3) is 5.91 Å². The summed E-state index contributed by atoms with van der Waals surface area (Å²) in [6.07, 6.45) is -2.92. The number of halogens is 4. The van der Waals surface area contributed by atoms with E-state index in [0.717, 1.165) is 30.4 Å². The molecule has 40 heavy (non-hydrogen) atoms. The van der Waals surface area contributed by atoms with Gasteiger partial charge in [-0.2, -0.15) is 23.1 Å². The molecule has 0 aromatic carbocycles. The molecule has 2 atom stereocenters. The Morgan fingerprint density at radius 2 is 1.98 bits per heavy atom. The molecule has 0 aliphatic carbocycles. The van der Waals surface area contributed by atoms with E-state index in [9.17, 15) is 22.4 Å². The van der Waals surface area contributed by atoms with Gasteiger partial charge in [-0.05, 0) is 44.4 Å². The third kappa shape index (κ3) is 4.70. The van der Waals surface area contributed by atoms with Gasteiger partial charge in [0.05, 0.1) is 24.4 Å². The summed E-state index contributed by atoms with van der Waals surface area (Å²) in [5, 5.41) is 0. The minimum Gasteiger partial charge on any atom is -0.461 e. The van der Waals surface area contributed by atoms with Gasteiger partial charge in [-0.15, -0.1) is 0 Å². The molecule has 6 heterocycles. The van der Waals surface area contributed by atoms with Crippen LogP contribution >= 0.6 is 0 Å². The van der Waals surface area contributed by atoms with Gasteiger partial charge in [0, 0.05) is 32.7 Å². The van der Waals surface area contributed by atoms with Crippen LogP contribution in [0.4, 0.5) is 35.0 Å². The van der Waals surface area contributed by atoms with Crippen molar-refractivity contribution >= 4 is 23.4 Å². The fourth-order valence-corrected chi connectivity index (χ4v) is 6.46. The second-order valence-corrected chi connectivity index (χ2v) is 10.9. The average Bonchev–Trinajstić information content (AvgIpc) is 3.41. The van der Waals surface area contributed by atoms with Gasteiger partial charge in [-0.3, -0.25) is 14.6 Å². The monoisotopic (exact) mass is 565 g/mol. The van der Waals surface area contributed by atoms with E-state index >= 15 is 0 Å². The molecule has 216 valence electrons. The average molecular weight is 566 g/mol. The summed E-state index contributed by atoms with van der Waals surface area (Å²) < 4.78 is 68.2. The number of alkyl halides is 4. The number of rotatable bonds is 5. The SMILES string of the molecule is Cc1cc(N)nc(N2Cc3nc(OC[C@@]45CCCN4C[C@H](F)C5)nc(N4CCCOCC4)c3C2=O)c1C(F)(F)F. The second kappa shape index (κ2) is 9.98. The van der Waals surface area contributed by atoms with E-state index in [-0.39, 0.29) is 47.6 Å². The van der Waals surface area contributed by atoms with E-state index in [0.29, 0.717) is 45.7 Å². The maximum atomic E-state index is 14.3. The summed E-state index contributed by atoms with van der Waals surface area (Å²) in [4.78, 5) is 31.7. The molecule has 10 nitrogen and oxygen atoms in total. The number of hydrogen-bond acceptors (Lipinski definition) is 9. The van der Waals surface area contributed by atoms with E-state index in [1.807, 2.05) is 4.90 Å². The number of ether oxygens (including phenoxy) is 2. The zero-order chi connectivity index (χ0) is 28.2. The van der Waals surface area contributed by atoms with Crippen LogP contribution in [0, 0.1) is 6.92 Å². The molecule has 2 N–H and O–H groups in total. The van der Waals surface area contributed by atoms with Gasteiger partial charge >= 0.3 is 12.2 Å². The molecule has 3 saturated heterocycles. The summed E-state index contributed by atoms with van der Waals surface area (Å²) in [5.41, 5.74) is 4.55. The highest BCUT2D eigenvalue weighted by molar-refractivity contribution is 6.12. The number of nitrogen functional groups attached to an aromatic ring is 1. The maximum absolute atomic E-state index is 14.3. The van der Waals surface area contributed by atoms with Crippen LogP contribution in [0.2, 0.25) is 0 Å². The Morgan fingerprint density at radius 1 is 1.15 bits per heavy atom. The van der Waals surface area contributed by atoms with Crippen molar-refractivity contribution in [2.24, 2.45) is 0 Å². The first-order valence-electron chi connectivity index (χ1n) is 13.5. The van der Waals surface area contributed by atoms with Crippen LogP contribution in [0.15, 0.2) is 6.07 Å². The number of anilines is 3. The van der Waals surface area contributed by atoms with E-state index in [4.69, 9.17) is 15.2 Å². The fraction of sp³-hybridized carbons (Fsp3) is 0.615. The van der Waals surface area contributed by atoms with Crippen molar-refractivity contribution in [3.8, 4) is 6.01 Å². The molecule has 1 amide bonds. The van der Waals surface area contributed by atoms with Crippen molar-refractivity contribution in [1.29, 1.82) is 0 Å². The molecule has 14 heteroatoms. The molecule has 0 spiro atoms. The third-order valence-electron chi connectivity index (χ3n) is 8.22. The van der Waals surface area contributed by atoms with Crippen LogP contribution in [0.5, 0.6) is 6.01 Å². The minimum atomic E-state index is -4.76. The molecule has 3 fully saturated rings. The molecule has 0 bridgehead atoms. The quantitative estimate of drug-likeness (QED) is 0.547. The predicted octanol–water partition coefficient (Wildman–Crippen LogP) is 3.12. The number of pyridine rings is 1. The zero-order valence-corrected chi connectivity index (χ0v) is 22.1. The molecule has 0 radical (unpaired) electrons. The largest absolute Gasteiger partial charge is 0.461 e. The summed E-state index contributed by atoms with van der Waals surface area (Å²) >= 11 is 0. The Morgan fingerprint density at radius 3 is 2.77 bits per heavy atom. The number of aromatic nitrogens is 3. The molecule has 2 aromatic rings. The topological polar surface area (TPSA) is 110 Å². The summed E-state index contributed by atoms with van der Waals surface area (Å²) in [6, 6.07) is 1.13. The molecular formula is C26H31F4N7O3. The third-order valence-corrected chi connectivity index (χ3v) is 8.22. The Hall–Kier alpha value is -3.26. The number of aryl methyl sites for hydroxylation is 1. The van der Waals surface area contributed by atoms with Gasteiger partial charge in [0.1, 0.15) is 35.5 Å². The molecule has 4 aliphatic heterocycles. The van der Waals surface area contributed by atoms with Crippen LogP contribution in [0.25, 0.3) is 0 Å². The Labute approximate surface area is 228 Å². The molecule has 4 aliphatic rings. The van der Waals surface area contributed by atoms with Gasteiger partial charge < -0.3 is 20.1 Å². The Bertz CT molecular complexity index is 1320. The number of nitrogens with zero attached hydrogens (tertiary/aromatic N) is 6. The standard InChI is InChI=1S/C26H31F4N7O3/c1-15-10-18(31)33-22(20(15)26(28,29)30)37-13-17-19(23(37)38)21(35-5-3-8-39-9-7-35)34-24(32-17)40-14-25-4-2-6-36(25)12-16(27)11-25/h10,16H,2-9,11-14H2,1H3,(H2,31,33)/t16-,25+/m1/s1. The highest BCUT2D eigenvalue weighted by atomic mass is 19.4. The second-order valence-electron chi connectivity index (χ2n) is 10.9. The van der Waals surface area contributed by atoms with Crippen molar-refractivity contribution < 1.29 is 31.8 Å². The maximum Gasteiger partial charge on any atom is 0.420 e. The summed E-state index contributed by atoms with van der Waals surface area (Å²) in [5.74, 6) is -1.11. The number of hydrogen-bond donors (Lipinski definition) is 1. The first kappa shape index (κ1) is 26.9. The first-order chi connectivity index (χ1) is 19.1. The van der Waals surface area contributed by atoms with E-state index in [1.165, 1.54) is 6.92 Å². The van der Waals surface area contributed by atoms with Crippen LogP contribution in [0.1, 0.15) is 52.9 Å². The number of amides is 1. The van der Waals surface area contributed by atoms with Crippen molar-refractivity contribution in [1.82, 2.24) is 19.9 Å². The Kier molecular flexibility index (Phi) is 6.72. The van der Waals surface area contributed by atoms with Crippen molar-refractivity contribution in [2.45, 2.75) is 57.0 Å². The summed E-state index contributed by atoms with van der Waals surface area (Å²) in [6.45, 7) is 4.27. The Balaban J connectivity index is 1.38. The predicted molar refractivity (Wildman–Crippen MR) is 137 cm³/mol. The number of nitrogens with two attached hydrogens (primary N) is 1. The molecule has 0 unspecified atom stereocenters. The van der Waals surface area contributed by atoms with E-state index in [1.54, 1.807) is 0 Å². The van der Waals surface area contributed by atoms with E-state index < -0.39 is 35.2 Å². The fourth-order valence-electron chi connectivity index (χ4n) is 6.46. The minimum absolute atomic E-state index is 0.00450. The number of fused-ring (bicyclic) bond motifs is 2. The highest BCUT2D eigenvalue weighted by Gasteiger charge is 2.50. The lowest BCUT2D eigenvalue weighted by molar-refractivity contribution is -0.137. The van der Waals surface area contributed by atoms with Crippen LogP contribution in [-0.4, -0.2) is 83.5 Å². The molecular weight excluding hydrogens is 534 g/mol. The van der Waals surface area contributed by atoms with Crippen LogP contribution in [-0.2, 0) is 17.5 Å². The van der Waals surface area contributed by atoms with Crippen molar-refractivity contribution in [2.75, 3.05) is 61.5 Å². The van der Waals surface area contributed by atoms with Gasteiger partial charge in [0.15, 0.2) is 5.82 Å².